The summed E-state index contributed by atoms with van der Waals surface area (Å²) in [5, 5.41) is 0. The third kappa shape index (κ3) is 3.72. The Morgan fingerprint density at radius 2 is 1.68 bits per heavy atom. The van der Waals surface area contributed by atoms with E-state index < -0.39 is 38.4 Å². The Kier molecular flexibility index (Phi) is 5.15. The lowest BCUT2D eigenvalue weighted by Crippen LogP contribution is -2.35. The average molecular weight is 369 g/mol. The number of sulfonamides is 1. The molecule has 0 radical (unpaired) electrons. The lowest BCUT2D eigenvalue weighted by Gasteiger charge is -2.29. The predicted octanol–water partition coefficient (Wildman–Crippen LogP) is 4.41. The van der Waals surface area contributed by atoms with Gasteiger partial charge in [0.2, 0.25) is 10.0 Å². The summed E-state index contributed by atoms with van der Waals surface area (Å²) >= 11 is 0. The van der Waals surface area contributed by atoms with E-state index >= 15 is 0 Å². The molecular formula is C18H18F3NO2S. The Labute approximate surface area is 145 Å². The molecule has 0 unspecified atom stereocenters. The number of hydrogen-bond acceptors (Lipinski definition) is 2. The van der Waals surface area contributed by atoms with Crippen LogP contribution in [0, 0.1) is 17.5 Å². The molecule has 2 aromatic carbocycles. The van der Waals surface area contributed by atoms with Crippen LogP contribution >= 0.6 is 0 Å². The summed E-state index contributed by atoms with van der Waals surface area (Å²) in [6, 6.07) is 7.51. The van der Waals surface area contributed by atoms with Gasteiger partial charge in [0.15, 0.2) is 0 Å². The van der Waals surface area contributed by atoms with Gasteiger partial charge in [-0.05, 0) is 48.7 Å². The molecule has 25 heavy (non-hydrogen) atoms. The monoisotopic (exact) mass is 369 g/mol. The molecule has 1 aliphatic rings. The number of hydrogen-bond donors (Lipinski definition) is 0. The maximum atomic E-state index is 14.1. The first-order valence-electron chi connectivity index (χ1n) is 8.12. The summed E-state index contributed by atoms with van der Waals surface area (Å²) < 4.78 is 68.4. The summed E-state index contributed by atoms with van der Waals surface area (Å²) in [5.41, 5.74) is 0.516. The van der Waals surface area contributed by atoms with E-state index in [2.05, 4.69) is 0 Å². The molecule has 0 amide bonds. The van der Waals surface area contributed by atoms with Crippen LogP contribution in [-0.4, -0.2) is 19.3 Å². The SMILES string of the molecule is O=S(=O)(c1cc(F)ccc1F)N1CCCCC[C@@H]1c1cccc(F)c1. The van der Waals surface area contributed by atoms with Crippen LogP contribution in [0.5, 0.6) is 0 Å². The summed E-state index contributed by atoms with van der Waals surface area (Å²) in [7, 11) is -4.25. The van der Waals surface area contributed by atoms with Gasteiger partial charge in [0, 0.05) is 6.54 Å². The summed E-state index contributed by atoms with van der Waals surface area (Å²) in [6.07, 6.45) is 2.71. The third-order valence-corrected chi connectivity index (χ3v) is 6.34. The summed E-state index contributed by atoms with van der Waals surface area (Å²) in [6.45, 7) is 0.180. The van der Waals surface area contributed by atoms with Gasteiger partial charge in [0.25, 0.3) is 0 Å². The zero-order chi connectivity index (χ0) is 18.0. The van der Waals surface area contributed by atoms with Gasteiger partial charge in [-0.3, -0.25) is 0 Å². The van der Waals surface area contributed by atoms with E-state index in [-0.39, 0.29) is 6.54 Å². The van der Waals surface area contributed by atoms with Crippen molar-refractivity contribution in [3.63, 3.8) is 0 Å². The molecule has 1 saturated heterocycles. The van der Waals surface area contributed by atoms with Gasteiger partial charge in [0.1, 0.15) is 22.3 Å². The molecule has 0 spiro atoms. The van der Waals surface area contributed by atoms with Crippen LogP contribution in [0.25, 0.3) is 0 Å². The first kappa shape index (κ1) is 17.9. The minimum Gasteiger partial charge on any atom is -0.207 e. The van der Waals surface area contributed by atoms with Gasteiger partial charge in [-0.1, -0.05) is 25.0 Å². The normalized spacial score (nSPS) is 19.6. The highest BCUT2D eigenvalue weighted by Gasteiger charge is 2.35. The fraction of sp³-hybridized carbons (Fsp3) is 0.333. The number of rotatable bonds is 3. The lowest BCUT2D eigenvalue weighted by atomic mass is 10.0. The molecule has 7 heteroatoms. The third-order valence-electron chi connectivity index (χ3n) is 4.42. The van der Waals surface area contributed by atoms with Crippen LogP contribution in [0.4, 0.5) is 13.2 Å². The highest BCUT2D eigenvalue weighted by molar-refractivity contribution is 7.89. The zero-order valence-electron chi connectivity index (χ0n) is 13.5. The highest BCUT2D eigenvalue weighted by atomic mass is 32.2. The molecule has 1 aliphatic heterocycles. The Bertz CT molecular complexity index is 870. The molecule has 3 rings (SSSR count). The Balaban J connectivity index is 2.08. The number of halogens is 3. The first-order valence-corrected chi connectivity index (χ1v) is 9.56. The van der Waals surface area contributed by atoms with E-state index in [1.165, 1.54) is 22.5 Å². The Hall–Kier alpha value is -1.86. The van der Waals surface area contributed by atoms with E-state index in [4.69, 9.17) is 0 Å². The molecular weight excluding hydrogens is 351 g/mol. The maximum Gasteiger partial charge on any atom is 0.246 e. The van der Waals surface area contributed by atoms with Crippen molar-refractivity contribution in [2.45, 2.75) is 36.6 Å². The fourth-order valence-corrected chi connectivity index (χ4v) is 4.98. The van der Waals surface area contributed by atoms with Crippen LogP contribution in [-0.2, 0) is 10.0 Å². The first-order chi connectivity index (χ1) is 11.9. The van der Waals surface area contributed by atoms with Gasteiger partial charge in [-0.15, -0.1) is 0 Å². The lowest BCUT2D eigenvalue weighted by molar-refractivity contribution is 0.326. The van der Waals surface area contributed by atoms with Gasteiger partial charge < -0.3 is 0 Å². The van der Waals surface area contributed by atoms with Crippen molar-refractivity contribution in [1.29, 1.82) is 0 Å². The molecule has 1 fully saturated rings. The van der Waals surface area contributed by atoms with Crippen molar-refractivity contribution < 1.29 is 21.6 Å². The van der Waals surface area contributed by atoms with E-state index in [1.54, 1.807) is 6.07 Å². The maximum absolute atomic E-state index is 14.1. The Morgan fingerprint density at radius 1 is 0.920 bits per heavy atom. The van der Waals surface area contributed by atoms with E-state index in [0.29, 0.717) is 24.5 Å². The Morgan fingerprint density at radius 3 is 2.44 bits per heavy atom. The van der Waals surface area contributed by atoms with Crippen molar-refractivity contribution in [3.05, 3.63) is 65.5 Å². The van der Waals surface area contributed by atoms with Gasteiger partial charge in [-0.25, -0.2) is 21.6 Å². The quantitative estimate of drug-likeness (QED) is 0.804. The number of nitrogens with zero attached hydrogens (tertiary/aromatic N) is 1. The van der Waals surface area contributed by atoms with Crippen molar-refractivity contribution in [2.75, 3.05) is 6.54 Å². The second-order valence-corrected chi connectivity index (χ2v) is 7.97. The zero-order valence-corrected chi connectivity index (χ0v) is 14.3. The molecule has 0 N–H and O–H groups in total. The second-order valence-electron chi connectivity index (χ2n) is 6.11. The predicted molar refractivity (Wildman–Crippen MR) is 87.9 cm³/mol. The summed E-state index contributed by atoms with van der Waals surface area (Å²) in [5.74, 6) is -2.28. The second kappa shape index (κ2) is 7.17. The molecule has 0 bridgehead atoms. The molecule has 0 aliphatic carbocycles. The van der Waals surface area contributed by atoms with Crippen LogP contribution in [0.1, 0.15) is 37.3 Å². The molecule has 3 nitrogen and oxygen atoms in total. The highest BCUT2D eigenvalue weighted by Crippen LogP contribution is 2.35. The topological polar surface area (TPSA) is 37.4 Å². The largest absolute Gasteiger partial charge is 0.246 e. The number of benzene rings is 2. The van der Waals surface area contributed by atoms with Crippen LogP contribution < -0.4 is 0 Å². The summed E-state index contributed by atoms with van der Waals surface area (Å²) in [4.78, 5) is -0.684. The molecule has 2 aromatic rings. The van der Waals surface area contributed by atoms with Gasteiger partial charge >= 0.3 is 0 Å². The molecule has 1 atom stereocenters. The molecule has 0 saturated carbocycles. The molecule has 134 valence electrons. The van der Waals surface area contributed by atoms with Crippen molar-refractivity contribution in [2.24, 2.45) is 0 Å². The van der Waals surface area contributed by atoms with Crippen molar-refractivity contribution in [1.82, 2.24) is 4.31 Å². The van der Waals surface area contributed by atoms with Crippen molar-refractivity contribution in [3.8, 4) is 0 Å². The minimum absolute atomic E-state index is 0.180. The molecule has 0 aromatic heterocycles. The standard InChI is InChI=1S/C18H18F3NO2S/c19-14-6-4-5-13(11-14)17-7-2-1-3-10-22(17)25(23,24)18-12-15(20)8-9-16(18)21/h4-6,8-9,11-12,17H,1-3,7,10H2/t17-/m1/s1. The van der Waals surface area contributed by atoms with E-state index in [1.807, 2.05) is 0 Å². The minimum atomic E-state index is -4.25. The smallest absolute Gasteiger partial charge is 0.207 e. The van der Waals surface area contributed by atoms with Gasteiger partial charge in [-0.2, -0.15) is 4.31 Å². The average Bonchev–Trinajstić information content (AvgIpc) is 2.83. The van der Waals surface area contributed by atoms with E-state index in [0.717, 1.165) is 25.0 Å². The molecule has 1 heterocycles. The van der Waals surface area contributed by atoms with E-state index in [9.17, 15) is 21.6 Å². The van der Waals surface area contributed by atoms with Crippen LogP contribution in [0.15, 0.2) is 47.4 Å². The fourth-order valence-electron chi connectivity index (χ4n) is 3.22. The van der Waals surface area contributed by atoms with Gasteiger partial charge in [0.05, 0.1) is 6.04 Å². The van der Waals surface area contributed by atoms with Crippen LogP contribution in [0.3, 0.4) is 0 Å². The van der Waals surface area contributed by atoms with Crippen LogP contribution in [0.2, 0.25) is 0 Å². The van der Waals surface area contributed by atoms with Crippen molar-refractivity contribution >= 4 is 10.0 Å².